The van der Waals surface area contributed by atoms with Crippen LogP contribution < -0.4 is 5.32 Å². The van der Waals surface area contributed by atoms with Gasteiger partial charge in [-0.2, -0.15) is 0 Å². The number of quaternary nitrogens is 1. The summed E-state index contributed by atoms with van der Waals surface area (Å²) in [5.41, 5.74) is 0. The minimum Gasteiger partial charge on any atom is -0.387 e. The number of phosphoric ester groups is 1. The van der Waals surface area contributed by atoms with Gasteiger partial charge in [0.25, 0.3) is 0 Å². The summed E-state index contributed by atoms with van der Waals surface area (Å²) in [5.74, 6) is -0.185. The van der Waals surface area contributed by atoms with Gasteiger partial charge in [0.1, 0.15) is 13.2 Å². The Labute approximate surface area is 379 Å². The van der Waals surface area contributed by atoms with Gasteiger partial charge in [-0.05, 0) is 32.1 Å². The Balaban J connectivity index is 3.95. The summed E-state index contributed by atoms with van der Waals surface area (Å²) in [6, 6.07) is -0.857. The van der Waals surface area contributed by atoms with Crippen LogP contribution in [0, 0.1) is 0 Å². The fourth-order valence-corrected chi connectivity index (χ4v) is 8.50. The van der Waals surface area contributed by atoms with Gasteiger partial charge in [-0.15, -0.1) is 0 Å². The first-order valence-electron chi connectivity index (χ1n) is 26.2. The second-order valence-corrected chi connectivity index (χ2v) is 20.7. The van der Waals surface area contributed by atoms with Gasteiger partial charge in [-0.3, -0.25) is 13.8 Å². The van der Waals surface area contributed by atoms with Crippen molar-refractivity contribution < 1.29 is 32.9 Å². The third-order valence-corrected chi connectivity index (χ3v) is 12.9. The largest absolute Gasteiger partial charge is 0.472 e. The van der Waals surface area contributed by atoms with E-state index in [1.54, 1.807) is 6.08 Å². The molecule has 3 N–H and O–H groups in total. The number of unbranched alkanes of at least 4 members (excludes halogenated alkanes) is 33. The number of hydrogen-bond acceptors (Lipinski definition) is 5. The molecular formula is C52H104N2O6P+. The lowest BCUT2D eigenvalue weighted by molar-refractivity contribution is -0.870. The van der Waals surface area contributed by atoms with Crippen LogP contribution in [0.2, 0.25) is 0 Å². The van der Waals surface area contributed by atoms with Gasteiger partial charge in [-0.25, -0.2) is 4.57 Å². The molecule has 0 bridgehead atoms. The highest BCUT2D eigenvalue weighted by Crippen LogP contribution is 2.43. The number of nitrogens with zero attached hydrogens (tertiary/aromatic N) is 1. The van der Waals surface area contributed by atoms with Gasteiger partial charge in [-0.1, -0.05) is 237 Å². The standard InChI is InChI=1S/C52H103N2O6P/c1-6-8-10-12-14-16-17-18-19-20-21-22-23-24-25-26-27-28-29-30-31-32-33-34-35-36-38-40-42-44-46-52(56)53-50(49-60-61(57,58)59-48-47-54(3,4)5)51(55)45-43-41-39-37-15-13-11-9-7-2/h15,37,43,45,50-51,55H,6-14,16-36,38-42,44,46-49H2,1-5H3,(H-,53,56,57,58)/p+1/b37-15+,45-43+. The highest BCUT2D eigenvalue weighted by atomic mass is 31.2. The molecule has 8 nitrogen and oxygen atoms in total. The molecule has 0 heterocycles. The van der Waals surface area contributed by atoms with Gasteiger partial charge in [0.2, 0.25) is 5.91 Å². The molecule has 0 radical (unpaired) electrons. The van der Waals surface area contributed by atoms with Crippen LogP contribution in [0.25, 0.3) is 0 Å². The Morgan fingerprint density at radius 1 is 0.541 bits per heavy atom. The molecule has 0 aliphatic rings. The predicted molar refractivity (Wildman–Crippen MR) is 263 cm³/mol. The summed E-state index contributed by atoms with van der Waals surface area (Å²) in [5, 5.41) is 13.8. The Kier molecular flexibility index (Phi) is 43.5. The number of carbonyl (C=O) groups excluding carboxylic acids is 1. The number of rotatable bonds is 48. The average molecular weight is 884 g/mol. The molecule has 0 aromatic carbocycles. The zero-order chi connectivity index (χ0) is 45.0. The van der Waals surface area contributed by atoms with Gasteiger partial charge in [0.15, 0.2) is 0 Å². The first-order valence-corrected chi connectivity index (χ1v) is 27.7. The van der Waals surface area contributed by atoms with E-state index in [-0.39, 0.29) is 19.1 Å². The maximum atomic E-state index is 12.9. The summed E-state index contributed by atoms with van der Waals surface area (Å²) < 4.78 is 23.5. The second-order valence-electron chi connectivity index (χ2n) is 19.3. The van der Waals surface area contributed by atoms with E-state index >= 15 is 0 Å². The average Bonchev–Trinajstić information content (AvgIpc) is 3.21. The van der Waals surface area contributed by atoms with Gasteiger partial charge < -0.3 is 19.8 Å². The van der Waals surface area contributed by atoms with Crippen molar-refractivity contribution in [3.8, 4) is 0 Å². The number of nitrogens with one attached hydrogen (secondary N) is 1. The number of carbonyl (C=O) groups is 1. The zero-order valence-electron chi connectivity index (χ0n) is 41.2. The third kappa shape index (κ3) is 46.8. The third-order valence-electron chi connectivity index (χ3n) is 11.9. The molecule has 0 aromatic heterocycles. The predicted octanol–water partition coefficient (Wildman–Crippen LogP) is 15.3. The van der Waals surface area contributed by atoms with E-state index in [0.29, 0.717) is 17.4 Å². The molecule has 0 aliphatic carbocycles. The maximum Gasteiger partial charge on any atom is 0.472 e. The van der Waals surface area contributed by atoms with Crippen molar-refractivity contribution in [3.05, 3.63) is 24.3 Å². The summed E-state index contributed by atoms with van der Waals surface area (Å²) >= 11 is 0. The van der Waals surface area contributed by atoms with Crippen LogP contribution >= 0.6 is 7.82 Å². The molecule has 3 unspecified atom stereocenters. The number of aliphatic hydroxyl groups excluding tert-OH is 1. The molecular weight excluding hydrogens is 780 g/mol. The monoisotopic (exact) mass is 884 g/mol. The number of hydrogen-bond donors (Lipinski definition) is 3. The van der Waals surface area contributed by atoms with Crippen molar-refractivity contribution in [3.63, 3.8) is 0 Å². The van der Waals surface area contributed by atoms with Crippen molar-refractivity contribution in [1.82, 2.24) is 5.32 Å². The van der Waals surface area contributed by atoms with E-state index < -0.39 is 20.0 Å². The molecule has 61 heavy (non-hydrogen) atoms. The van der Waals surface area contributed by atoms with Crippen LogP contribution in [0.3, 0.4) is 0 Å². The molecule has 0 rings (SSSR count). The Bertz CT molecular complexity index is 1050. The molecule has 362 valence electrons. The first-order chi connectivity index (χ1) is 29.5. The van der Waals surface area contributed by atoms with Crippen LogP contribution in [0.5, 0.6) is 0 Å². The molecule has 9 heteroatoms. The Morgan fingerprint density at radius 2 is 0.902 bits per heavy atom. The number of phosphoric acid groups is 1. The lowest BCUT2D eigenvalue weighted by Gasteiger charge is -2.25. The van der Waals surface area contributed by atoms with Gasteiger partial charge in [0.05, 0.1) is 39.9 Å². The van der Waals surface area contributed by atoms with E-state index in [2.05, 4.69) is 31.3 Å². The molecule has 1 amide bonds. The zero-order valence-corrected chi connectivity index (χ0v) is 42.1. The quantitative estimate of drug-likeness (QED) is 0.0243. The van der Waals surface area contributed by atoms with Crippen molar-refractivity contribution >= 4 is 13.7 Å². The topological polar surface area (TPSA) is 105 Å². The van der Waals surface area contributed by atoms with E-state index in [1.807, 2.05) is 27.2 Å². The lowest BCUT2D eigenvalue weighted by atomic mass is 10.0. The highest BCUT2D eigenvalue weighted by molar-refractivity contribution is 7.47. The number of amides is 1. The molecule has 0 spiro atoms. The van der Waals surface area contributed by atoms with Crippen LogP contribution in [0.1, 0.15) is 251 Å². The minimum absolute atomic E-state index is 0.0579. The Morgan fingerprint density at radius 3 is 1.31 bits per heavy atom. The van der Waals surface area contributed by atoms with Crippen molar-refractivity contribution in [2.75, 3.05) is 40.9 Å². The van der Waals surface area contributed by atoms with Crippen molar-refractivity contribution in [2.45, 2.75) is 264 Å². The second kappa shape index (κ2) is 44.2. The number of allylic oxidation sites excluding steroid dienone is 3. The van der Waals surface area contributed by atoms with Crippen molar-refractivity contribution in [1.29, 1.82) is 0 Å². The fraction of sp³-hybridized carbons (Fsp3) is 0.904. The van der Waals surface area contributed by atoms with E-state index in [1.165, 1.54) is 193 Å². The molecule has 3 atom stereocenters. The summed E-state index contributed by atoms with van der Waals surface area (Å²) in [7, 11) is 1.56. The van der Waals surface area contributed by atoms with E-state index in [0.717, 1.165) is 38.5 Å². The molecule has 0 aromatic rings. The number of aliphatic hydroxyl groups is 1. The fourth-order valence-electron chi connectivity index (χ4n) is 7.77. The van der Waals surface area contributed by atoms with Crippen LogP contribution in [-0.4, -0.2) is 73.4 Å². The summed E-state index contributed by atoms with van der Waals surface area (Å²) in [4.78, 5) is 23.1. The minimum atomic E-state index is -4.34. The Hall–Kier alpha value is -1.02. The van der Waals surface area contributed by atoms with Gasteiger partial charge >= 0.3 is 7.82 Å². The summed E-state index contributed by atoms with van der Waals surface area (Å²) in [6.07, 6.45) is 54.5. The molecule has 0 fully saturated rings. The SMILES string of the molecule is CCCCC/C=C/CC/C=C/C(O)C(COP(=O)(O)OCC[N+](C)(C)C)NC(=O)CCCCCCCCCCCCCCCCCCCCCCCCCCCCCCCC. The van der Waals surface area contributed by atoms with Crippen LogP contribution in [-0.2, 0) is 18.4 Å². The van der Waals surface area contributed by atoms with Crippen LogP contribution in [0.15, 0.2) is 24.3 Å². The molecule has 0 saturated carbocycles. The maximum absolute atomic E-state index is 12.9. The normalized spacial score (nSPS) is 14.3. The van der Waals surface area contributed by atoms with Gasteiger partial charge in [0, 0.05) is 6.42 Å². The van der Waals surface area contributed by atoms with Crippen LogP contribution in [0.4, 0.5) is 0 Å². The van der Waals surface area contributed by atoms with E-state index in [4.69, 9.17) is 9.05 Å². The van der Waals surface area contributed by atoms with E-state index in [9.17, 15) is 19.4 Å². The number of likely N-dealkylation sites (N-methyl/N-ethyl adjacent to an activating group) is 1. The molecule has 0 saturated heterocycles. The molecule has 0 aliphatic heterocycles. The lowest BCUT2D eigenvalue weighted by Crippen LogP contribution is -2.45. The van der Waals surface area contributed by atoms with Crippen molar-refractivity contribution in [2.24, 2.45) is 0 Å². The smallest absolute Gasteiger partial charge is 0.387 e. The highest BCUT2D eigenvalue weighted by Gasteiger charge is 2.27. The summed E-state index contributed by atoms with van der Waals surface area (Å²) in [6.45, 7) is 4.76. The first kappa shape index (κ1) is 60.0.